The van der Waals surface area contributed by atoms with Crippen molar-refractivity contribution in [2.45, 2.75) is 64.1 Å². The quantitative estimate of drug-likeness (QED) is 0.712. The highest BCUT2D eigenvalue weighted by molar-refractivity contribution is 5.81. The summed E-state index contributed by atoms with van der Waals surface area (Å²) in [6.45, 7) is 3.30. The highest BCUT2D eigenvalue weighted by atomic mass is 16.5. The Labute approximate surface area is 137 Å². The van der Waals surface area contributed by atoms with Crippen LogP contribution >= 0.6 is 0 Å². The molecule has 1 heterocycles. The number of amides is 1. The average Bonchev–Trinajstić information content (AvgIpc) is 3.06. The number of carboxylic acids is 1. The topological polar surface area (TPSA) is 84.9 Å². The Morgan fingerprint density at radius 3 is 2.43 bits per heavy atom. The maximum absolute atomic E-state index is 12.3. The number of ether oxygens (including phenoxy) is 2. The molecular weight excluding hydrogens is 298 g/mol. The minimum Gasteiger partial charge on any atom is -0.481 e. The van der Waals surface area contributed by atoms with Crippen LogP contribution in [0, 0.1) is 11.8 Å². The Bertz CT molecular complexity index is 388. The number of carboxylic acid groups (broad SMARTS) is 1. The number of rotatable bonds is 8. The van der Waals surface area contributed by atoms with Crippen molar-refractivity contribution in [3.8, 4) is 0 Å². The van der Waals surface area contributed by atoms with E-state index in [0.29, 0.717) is 19.6 Å². The van der Waals surface area contributed by atoms with Gasteiger partial charge >= 0.3 is 5.97 Å². The van der Waals surface area contributed by atoms with E-state index < -0.39 is 18.0 Å². The van der Waals surface area contributed by atoms with Crippen LogP contribution in [0.1, 0.15) is 51.9 Å². The maximum atomic E-state index is 12.3. The van der Waals surface area contributed by atoms with Crippen molar-refractivity contribution in [3.63, 3.8) is 0 Å². The Balaban J connectivity index is 1.82. The third-order valence-corrected chi connectivity index (χ3v) is 4.97. The zero-order valence-corrected chi connectivity index (χ0v) is 14.0. The third kappa shape index (κ3) is 5.46. The van der Waals surface area contributed by atoms with E-state index in [0.717, 1.165) is 38.5 Å². The van der Waals surface area contributed by atoms with Gasteiger partial charge in [-0.15, -0.1) is 0 Å². The van der Waals surface area contributed by atoms with Gasteiger partial charge in [0.1, 0.15) is 6.10 Å². The Morgan fingerprint density at radius 1 is 1.22 bits per heavy atom. The summed E-state index contributed by atoms with van der Waals surface area (Å²) in [4.78, 5) is 23.8. The van der Waals surface area contributed by atoms with E-state index >= 15 is 0 Å². The van der Waals surface area contributed by atoms with Crippen molar-refractivity contribution in [1.29, 1.82) is 0 Å². The fourth-order valence-corrected chi connectivity index (χ4v) is 3.50. The molecule has 1 aliphatic carbocycles. The molecule has 2 atom stereocenters. The molecule has 132 valence electrons. The summed E-state index contributed by atoms with van der Waals surface area (Å²) in [5.74, 6) is -1.51. The molecule has 1 saturated heterocycles. The average molecular weight is 327 g/mol. The van der Waals surface area contributed by atoms with Crippen LogP contribution in [0.15, 0.2) is 0 Å². The second-order valence-corrected chi connectivity index (χ2v) is 6.58. The molecule has 0 aromatic carbocycles. The molecule has 2 rings (SSSR count). The largest absolute Gasteiger partial charge is 0.481 e. The van der Waals surface area contributed by atoms with Gasteiger partial charge in [0, 0.05) is 19.8 Å². The number of carbonyl (C=O) groups is 2. The highest BCUT2D eigenvalue weighted by Crippen LogP contribution is 2.25. The molecular formula is C17H29NO5. The van der Waals surface area contributed by atoms with E-state index in [1.54, 1.807) is 0 Å². The van der Waals surface area contributed by atoms with Crippen molar-refractivity contribution in [1.82, 2.24) is 5.32 Å². The van der Waals surface area contributed by atoms with Crippen molar-refractivity contribution in [3.05, 3.63) is 0 Å². The summed E-state index contributed by atoms with van der Waals surface area (Å²) < 4.78 is 11.2. The molecule has 0 spiro atoms. The molecule has 0 bridgehead atoms. The van der Waals surface area contributed by atoms with E-state index in [9.17, 15) is 14.7 Å². The summed E-state index contributed by atoms with van der Waals surface area (Å²) in [6, 6.07) is 0. The van der Waals surface area contributed by atoms with E-state index in [-0.39, 0.29) is 24.5 Å². The van der Waals surface area contributed by atoms with Crippen LogP contribution in [0.2, 0.25) is 0 Å². The smallest absolute Gasteiger partial charge is 0.308 e. The number of aliphatic carboxylic acids is 1. The van der Waals surface area contributed by atoms with Crippen LogP contribution in [-0.2, 0) is 19.1 Å². The van der Waals surface area contributed by atoms with E-state index in [1.165, 1.54) is 0 Å². The van der Waals surface area contributed by atoms with Gasteiger partial charge in [0.2, 0.25) is 5.91 Å². The molecule has 1 saturated carbocycles. The second-order valence-electron chi connectivity index (χ2n) is 6.58. The number of carbonyl (C=O) groups excluding carboxylic acids is 1. The lowest BCUT2D eigenvalue weighted by atomic mass is 9.86. The van der Waals surface area contributed by atoms with Crippen LogP contribution in [0.25, 0.3) is 0 Å². The van der Waals surface area contributed by atoms with Gasteiger partial charge in [0.05, 0.1) is 12.0 Å². The molecule has 0 aromatic rings. The normalized spacial score (nSPS) is 22.7. The minimum atomic E-state index is -0.845. The second kappa shape index (κ2) is 9.23. The molecule has 0 radical (unpaired) electrons. The van der Waals surface area contributed by atoms with Gasteiger partial charge in [0.15, 0.2) is 0 Å². The summed E-state index contributed by atoms with van der Waals surface area (Å²) in [6.07, 6.45) is 6.15. The predicted octanol–water partition coefficient (Wildman–Crippen LogP) is 1.97. The summed E-state index contributed by atoms with van der Waals surface area (Å²) >= 11 is 0. The molecule has 6 heteroatoms. The molecule has 1 amide bonds. The minimum absolute atomic E-state index is 0.0670. The Kier molecular flexibility index (Phi) is 7.30. The van der Waals surface area contributed by atoms with Crippen LogP contribution < -0.4 is 5.32 Å². The molecule has 2 fully saturated rings. The van der Waals surface area contributed by atoms with Gasteiger partial charge < -0.3 is 19.9 Å². The number of hydrogen-bond acceptors (Lipinski definition) is 4. The molecule has 6 nitrogen and oxygen atoms in total. The lowest BCUT2D eigenvalue weighted by molar-refractivity contribution is -0.145. The van der Waals surface area contributed by atoms with Crippen molar-refractivity contribution in [2.24, 2.45) is 11.8 Å². The fraction of sp³-hybridized carbons (Fsp3) is 0.882. The monoisotopic (exact) mass is 327 g/mol. The number of nitrogens with one attached hydrogen (secondary N) is 1. The maximum Gasteiger partial charge on any atom is 0.308 e. The van der Waals surface area contributed by atoms with Gasteiger partial charge in [-0.1, -0.05) is 19.8 Å². The summed E-state index contributed by atoms with van der Waals surface area (Å²) in [5.41, 5.74) is 0. The lowest BCUT2D eigenvalue weighted by Gasteiger charge is -2.28. The van der Waals surface area contributed by atoms with Crippen LogP contribution in [-0.4, -0.2) is 48.9 Å². The van der Waals surface area contributed by atoms with Crippen LogP contribution in [0.5, 0.6) is 0 Å². The van der Waals surface area contributed by atoms with E-state index in [2.05, 4.69) is 5.32 Å². The van der Waals surface area contributed by atoms with E-state index in [1.807, 2.05) is 6.92 Å². The van der Waals surface area contributed by atoms with Gasteiger partial charge in [-0.2, -0.15) is 0 Å². The predicted molar refractivity (Wildman–Crippen MR) is 85.1 cm³/mol. The zero-order chi connectivity index (χ0) is 16.7. The standard InChI is InChI=1S/C17H29NO5/c1-2-15(23-13-5-3-4-6-13)16(19)18-11-14(17(20)21)12-7-9-22-10-8-12/h12-15H,2-11H2,1H3,(H,18,19)(H,20,21). The van der Waals surface area contributed by atoms with Crippen LogP contribution in [0.4, 0.5) is 0 Å². The van der Waals surface area contributed by atoms with Gasteiger partial charge in [-0.25, -0.2) is 0 Å². The Hall–Kier alpha value is -1.14. The van der Waals surface area contributed by atoms with Gasteiger partial charge in [-0.05, 0) is 38.0 Å². The third-order valence-electron chi connectivity index (χ3n) is 4.97. The van der Waals surface area contributed by atoms with Crippen LogP contribution in [0.3, 0.4) is 0 Å². The van der Waals surface area contributed by atoms with Crippen molar-refractivity contribution < 1.29 is 24.2 Å². The Morgan fingerprint density at radius 2 is 1.87 bits per heavy atom. The summed E-state index contributed by atoms with van der Waals surface area (Å²) in [5, 5.41) is 12.2. The molecule has 2 unspecified atom stereocenters. The highest BCUT2D eigenvalue weighted by Gasteiger charge is 2.31. The first-order chi connectivity index (χ1) is 11.1. The van der Waals surface area contributed by atoms with Crippen molar-refractivity contribution >= 4 is 11.9 Å². The SMILES string of the molecule is CCC(OC1CCCC1)C(=O)NCC(C(=O)O)C1CCOCC1. The number of hydrogen-bond donors (Lipinski definition) is 2. The zero-order valence-electron chi connectivity index (χ0n) is 14.0. The first kappa shape index (κ1) is 18.2. The first-order valence-electron chi connectivity index (χ1n) is 8.85. The molecule has 2 N–H and O–H groups in total. The van der Waals surface area contributed by atoms with Crippen molar-refractivity contribution in [2.75, 3.05) is 19.8 Å². The fourth-order valence-electron chi connectivity index (χ4n) is 3.50. The van der Waals surface area contributed by atoms with Gasteiger partial charge in [-0.3, -0.25) is 9.59 Å². The molecule has 2 aliphatic rings. The lowest BCUT2D eigenvalue weighted by Crippen LogP contribution is -2.43. The first-order valence-corrected chi connectivity index (χ1v) is 8.85. The van der Waals surface area contributed by atoms with Gasteiger partial charge in [0.25, 0.3) is 0 Å². The summed E-state index contributed by atoms with van der Waals surface area (Å²) in [7, 11) is 0. The molecule has 23 heavy (non-hydrogen) atoms. The molecule has 1 aliphatic heterocycles. The van der Waals surface area contributed by atoms with E-state index in [4.69, 9.17) is 9.47 Å². The molecule has 0 aromatic heterocycles.